The van der Waals surface area contributed by atoms with E-state index in [1.165, 1.54) is 18.4 Å². The number of amides is 2. The van der Waals surface area contributed by atoms with Gasteiger partial charge >= 0.3 is 0 Å². The summed E-state index contributed by atoms with van der Waals surface area (Å²) in [6.45, 7) is 4.32. The first kappa shape index (κ1) is 22.8. The topological polar surface area (TPSA) is 61.9 Å². The molecule has 0 spiro atoms. The molecule has 1 aliphatic carbocycles. The van der Waals surface area contributed by atoms with Gasteiger partial charge in [0, 0.05) is 52.9 Å². The zero-order valence-corrected chi connectivity index (χ0v) is 18.4. The van der Waals surface area contributed by atoms with E-state index >= 15 is 0 Å². The molecule has 6 nitrogen and oxygen atoms in total. The molecule has 1 heterocycles. The van der Waals surface area contributed by atoms with Crippen molar-refractivity contribution in [3.05, 3.63) is 35.9 Å². The number of rotatable bonds is 10. The highest BCUT2D eigenvalue weighted by molar-refractivity contribution is 5.82. The van der Waals surface area contributed by atoms with E-state index < -0.39 is 0 Å². The first-order valence-electron chi connectivity index (χ1n) is 11.5. The minimum absolute atomic E-state index is 0.0587. The summed E-state index contributed by atoms with van der Waals surface area (Å²) in [4.78, 5) is 29.9. The average molecular weight is 416 g/mol. The fraction of sp³-hybridized carbons (Fsp3) is 0.667. The minimum atomic E-state index is -0.0587. The van der Waals surface area contributed by atoms with Gasteiger partial charge in [0.1, 0.15) is 0 Å². The van der Waals surface area contributed by atoms with E-state index in [1.54, 1.807) is 7.11 Å². The Balaban J connectivity index is 1.49. The van der Waals surface area contributed by atoms with E-state index in [4.69, 9.17) is 4.74 Å². The molecule has 1 atom stereocenters. The third-order valence-corrected chi connectivity index (χ3v) is 6.47. The standard InChI is InChI=1S/C24H37N3O3/c1-30-19-7-14-25-24(29)23(21-10-5-6-11-21)27-17-15-26(16-18-27)22(28)13-12-20-8-3-2-4-9-20/h2-4,8-9,21,23H,5-7,10-19H2,1H3,(H,25,29)/t23-/m1/s1. The highest BCUT2D eigenvalue weighted by Gasteiger charge is 2.37. The van der Waals surface area contributed by atoms with Crippen molar-refractivity contribution >= 4 is 11.8 Å². The van der Waals surface area contributed by atoms with Crippen LogP contribution in [0.3, 0.4) is 0 Å². The molecule has 0 aromatic heterocycles. The summed E-state index contributed by atoms with van der Waals surface area (Å²) in [7, 11) is 1.68. The zero-order chi connectivity index (χ0) is 21.2. The monoisotopic (exact) mass is 415 g/mol. The molecule has 2 fully saturated rings. The Labute approximate surface area is 180 Å². The fourth-order valence-electron chi connectivity index (χ4n) is 4.79. The lowest BCUT2D eigenvalue weighted by Crippen LogP contribution is -2.58. The first-order valence-corrected chi connectivity index (χ1v) is 11.5. The lowest BCUT2D eigenvalue weighted by atomic mass is 9.95. The minimum Gasteiger partial charge on any atom is -0.385 e. The molecular formula is C24H37N3O3. The largest absolute Gasteiger partial charge is 0.385 e. The van der Waals surface area contributed by atoms with Crippen molar-refractivity contribution in [1.82, 2.24) is 15.1 Å². The molecule has 0 radical (unpaired) electrons. The third kappa shape index (κ3) is 6.54. The van der Waals surface area contributed by atoms with Gasteiger partial charge in [0.05, 0.1) is 6.04 Å². The van der Waals surface area contributed by atoms with Crippen LogP contribution in [0.15, 0.2) is 30.3 Å². The van der Waals surface area contributed by atoms with Crippen LogP contribution in [-0.2, 0) is 20.7 Å². The van der Waals surface area contributed by atoms with Crippen LogP contribution in [0.1, 0.15) is 44.1 Å². The fourth-order valence-corrected chi connectivity index (χ4v) is 4.79. The normalized spacial score (nSPS) is 19.0. The van der Waals surface area contributed by atoms with Gasteiger partial charge in [-0.25, -0.2) is 0 Å². The number of hydrogen-bond acceptors (Lipinski definition) is 4. The molecule has 0 unspecified atom stereocenters. The third-order valence-electron chi connectivity index (χ3n) is 6.47. The summed E-state index contributed by atoms with van der Waals surface area (Å²) in [6.07, 6.45) is 6.87. The van der Waals surface area contributed by atoms with E-state index in [9.17, 15) is 9.59 Å². The van der Waals surface area contributed by atoms with Gasteiger partial charge in [-0.15, -0.1) is 0 Å². The number of nitrogens with one attached hydrogen (secondary N) is 1. The highest BCUT2D eigenvalue weighted by Crippen LogP contribution is 2.31. The zero-order valence-electron chi connectivity index (χ0n) is 18.4. The Hall–Kier alpha value is -1.92. The molecule has 1 aromatic carbocycles. The van der Waals surface area contributed by atoms with Crippen molar-refractivity contribution in [1.29, 1.82) is 0 Å². The number of carbonyl (C=O) groups is 2. The SMILES string of the molecule is COCCCNC(=O)[C@@H](C1CCCC1)N1CCN(C(=O)CCc2ccccc2)CC1. The number of nitrogens with zero attached hydrogens (tertiary/aromatic N) is 2. The van der Waals surface area contributed by atoms with Crippen LogP contribution < -0.4 is 5.32 Å². The van der Waals surface area contributed by atoms with Gasteiger partial charge in [0.15, 0.2) is 0 Å². The number of methoxy groups -OCH3 is 1. The Morgan fingerprint density at radius 1 is 1.10 bits per heavy atom. The molecule has 6 heteroatoms. The van der Waals surface area contributed by atoms with E-state index in [0.29, 0.717) is 38.6 Å². The second kappa shape index (κ2) is 12.1. The van der Waals surface area contributed by atoms with Crippen molar-refractivity contribution in [3.8, 4) is 0 Å². The first-order chi connectivity index (χ1) is 14.7. The van der Waals surface area contributed by atoms with Gasteiger partial charge in [-0.05, 0) is 37.2 Å². The van der Waals surface area contributed by atoms with Gasteiger partial charge in [-0.3, -0.25) is 14.5 Å². The van der Waals surface area contributed by atoms with Crippen LogP contribution in [-0.4, -0.2) is 74.1 Å². The second-order valence-electron chi connectivity index (χ2n) is 8.53. The molecular weight excluding hydrogens is 378 g/mol. The lowest BCUT2D eigenvalue weighted by molar-refractivity contribution is -0.135. The predicted octanol–water partition coefficient (Wildman–Crippen LogP) is 2.47. The highest BCUT2D eigenvalue weighted by atomic mass is 16.5. The summed E-state index contributed by atoms with van der Waals surface area (Å²) in [5.41, 5.74) is 1.20. The van der Waals surface area contributed by atoms with Crippen LogP contribution in [0, 0.1) is 5.92 Å². The van der Waals surface area contributed by atoms with Gasteiger partial charge in [-0.2, -0.15) is 0 Å². The predicted molar refractivity (Wildman–Crippen MR) is 118 cm³/mol. The van der Waals surface area contributed by atoms with Gasteiger partial charge < -0.3 is 15.0 Å². The Morgan fingerprint density at radius 3 is 2.47 bits per heavy atom. The van der Waals surface area contributed by atoms with Crippen LogP contribution >= 0.6 is 0 Å². The van der Waals surface area contributed by atoms with Crippen LogP contribution in [0.2, 0.25) is 0 Å². The van der Waals surface area contributed by atoms with Crippen molar-refractivity contribution in [2.75, 3.05) is 46.4 Å². The van der Waals surface area contributed by atoms with Crippen molar-refractivity contribution < 1.29 is 14.3 Å². The number of hydrogen-bond donors (Lipinski definition) is 1. The Kier molecular flexibility index (Phi) is 9.15. The quantitative estimate of drug-likeness (QED) is 0.597. The number of carbonyl (C=O) groups excluding carboxylic acids is 2. The maximum absolute atomic E-state index is 13.0. The summed E-state index contributed by atoms with van der Waals surface area (Å²) >= 11 is 0. The molecule has 1 saturated heterocycles. The molecule has 2 aliphatic rings. The lowest BCUT2D eigenvalue weighted by Gasteiger charge is -2.40. The maximum atomic E-state index is 13.0. The van der Waals surface area contributed by atoms with Crippen molar-refractivity contribution in [2.45, 2.75) is 51.0 Å². The Morgan fingerprint density at radius 2 is 1.80 bits per heavy atom. The second-order valence-corrected chi connectivity index (χ2v) is 8.53. The molecule has 30 heavy (non-hydrogen) atoms. The molecule has 2 amide bonds. The number of piperazine rings is 1. The average Bonchev–Trinajstić information content (AvgIpc) is 3.31. The molecule has 0 bridgehead atoms. The molecule has 3 rings (SSSR count). The molecule has 1 aromatic rings. The molecule has 1 saturated carbocycles. The number of benzene rings is 1. The smallest absolute Gasteiger partial charge is 0.237 e. The summed E-state index contributed by atoms with van der Waals surface area (Å²) < 4.78 is 5.08. The summed E-state index contributed by atoms with van der Waals surface area (Å²) in [6, 6.07) is 10.1. The van der Waals surface area contributed by atoms with Gasteiger partial charge in [-0.1, -0.05) is 43.2 Å². The molecule has 1 aliphatic heterocycles. The maximum Gasteiger partial charge on any atom is 0.237 e. The van der Waals surface area contributed by atoms with Crippen molar-refractivity contribution in [3.63, 3.8) is 0 Å². The van der Waals surface area contributed by atoms with E-state index in [2.05, 4.69) is 22.3 Å². The van der Waals surface area contributed by atoms with Crippen LogP contribution in [0.5, 0.6) is 0 Å². The van der Waals surface area contributed by atoms with Crippen LogP contribution in [0.4, 0.5) is 0 Å². The summed E-state index contributed by atoms with van der Waals surface area (Å²) in [5.74, 6) is 0.814. The van der Waals surface area contributed by atoms with E-state index in [-0.39, 0.29) is 17.9 Å². The summed E-state index contributed by atoms with van der Waals surface area (Å²) in [5, 5.41) is 3.12. The number of ether oxygens (including phenoxy) is 1. The van der Waals surface area contributed by atoms with E-state index in [1.807, 2.05) is 23.1 Å². The Bertz CT molecular complexity index is 653. The molecule has 1 N–H and O–H groups in total. The van der Waals surface area contributed by atoms with Gasteiger partial charge in [0.25, 0.3) is 0 Å². The van der Waals surface area contributed by atoms with E-state index in [0.717, 1.165) is 38.8 Å². The number of aryl methyl sites for hydroxylation is 1. The molecule has 166 valence electrons. The van der Waals surface area contributed by atoms with Crippen LogP contribution in [0.25, 0.3) is 0 Å². The van der Waals surface area contributed by atoms with Crippen molar-refractivity contribution in [2.24, 2.45) is 5.92 Å². The van der Waals surface area contributed by atoms with Gasteiger partial charge in [0.2, 0.25) is 11.8 Å².